The van der Waals surface area contributed by atoms with Crippen LogP contribution in [0.2, 0.25) is 0 Å². The zero-order valence-electron chi connectivity index (χ0n) is 26.8. The number of fused-ring (bicyclic) bond motifs is 2. The van der Waals surface area contributed by atoms with Gasteiger partial charge in [-0.05, 0) is 44.0 Å². The fourth-order valence-electron chi connectivity index (χ4n) is 6.89. The summed E-state index contributed by atoms with van der Waals surface area (Å²) < 4.78 is 2.40. The van der Waals surface area contributed by atoms with E-state index in [1.807, 2.05) is 67.0 Å². The first kappa shape index (κ1) is 32.9. The van der Waals surface area contributed by atoms with Gasteiger partial charge in [0.25, 0.3) is 11.4 Å². The highest BCUT2D eigenvalue weighted by atomic mass is 16.6. The third-order valence-corrected chi connectivity index (χ3v) is 9.17. The maximum atomic E-state index is 11.6. The minimum atomic E-state index is -0.959. The Kier molecular flexibility index (Phi) is 8.42. The van der Waals surface area contributed by atoms with E-state index in [1.165, 1.54) is 12.1 Å². The van der Waals surface area contributed by atoms with Crippen molar-refractivity contribution in [2.45, 2.75) is 51.5 Å². The molecule has 2 aliphatic rings. The fraction of sp³-hybridized carbons (Fsp3) is 0.286. The Morgan fingerprint density at radius 3 is 2.04 bits per heavy atom. The van der Waals surface area contributed by atoms with Crippen LogP contribution in [-0.2, 0) is 34.4 Å². The lowest BCUT2D eigenvalue weighted by atomic mass is 9.80. The van der Waals surface area contributed by atoms with Crippen LogP contribution in [0.5, 0.6) is 0 Å². The number of hydrogen-bond acceptors (Lipinski definition) is 6. The van der Waals surface area contributed by atoms with Gasteiger partial charge < -0.3 is 10.2 Å². The van der Waals surface area contributed by atoms with Crippen LogP contribution in [0, 0.1) is 20.2 Å². The molecular weight excluding hydrogens is 604 g/mol. The maximum absolute atomic E-state index is 11.6. The van der Waals surface area contributed by atoms with Crippen LogP contribution in [0.15, 0.2) is 78.5 Å². The first-order valence-corrected chi connectivity index (χ1v) is 15.0. The van der Waals surface area contributed by atoms with Crippen LogP contribution < -0.4 is 4.48 Å². The summed E-state index contributed by atoms with van der Waals surface area (Å²) in [5.74, 6) is -1.79. The molecule has 1 atom stereocenters. The zero-order chi connectivity index (χ0) is 34.4. The van der Waals surface area contributed by atoms with Crippen LogP contribution in [0.1, 0.15) is 54.5 Å². The third kappa shape index (κ3) is 6.19. The molecule has 242 valence electrons. The number of carboxylic acids is 2. The summed E-state index contributed by atoms with van der Waals surface area (Å²) in [5, 5.41) is 42.0. The summed E-state index contributed by atoms with van der Waals surface area (Å²) in [4.78, 5) is 44.8. The topological polar surface area (TPSA) is 164 Å². The number of rotatable bonds is 10. The minimum Gasteiger partial charge on any atom is -0.481 e. The quantitative estimate of drug-likeness (QED) is 0.115. The van der Waals surface area contributed by atoms with Crippen molar-refractivity contribution >= 4 is 40.4 Å². The molecule has 1 unspecified atom stereocenters. The summed E-state index contributed by atoms with van der Waals surface area (Å²) in [5.41, 5.74) is 6.04. The summed E-state index contributed by atoms with van der Waals surface area (Å²) in [6, 6.07) is 14.8. The Balaban J connectivity index is 1.60. The van der Waals surface area contributed by atoms with Crippen molar-refractivity contribution in [3.8, 4) is 0 Å². The van der Waals surface area contributed by atoms with Crippen LogP contribution in [0.25, 0.3) is 0 Å². The molecule has 0 fully saturated rings. The number of nitro groups is 2. The predicted octanol–water partition coefficient (Wildman–Crippen LogP) is 6.16. The average molecular weight is 641 g/mol. The number of carboxylic acid groups (broad SMARTS) is 2. The molecule has 2 aliphatic heterocycles. The van der Waals surface area contributed by atoms with E-state index in [9.17, 15) is 40.0 Å². The highest BCUT2D eigenvalue weighted by Gasteiger charge is 2.45. The van der Waals surface area contributed by atoms with Crippen molar-refractivity contribution in [3.63, 3.8) is 0 Å². The minimum absolute atomic E-state index is 0.0578. The van der Waals surface area contributed by atoms with E-state index in [2.05, 4.69) is 21.0 Å². The van der Waals surface area contributed by atoms with E-state index in [0.29, 0.717) is 15.6 Å². The first-order chi connectivity index (χ1) is 22.0. The molecule has 12 heteroatoms. The van der Waals surface area contributed by atoms with Gasteiger partial charge in [0.05, 0.1) is 54.2 Å². The summed E-state index contributed by atoms with van der Waals surface area (Å²) in [6.07, 6.45) is 5.73. The Morgan fingerprint density at radius 2 is 1.47 bits per heavy atom. The summed E-state index contributed by atoms with van der Waals surface area (Å²) in [6.45, 7) is 6.23. The monoisotopic (exact) mass is 640 g/mol. The molecular formula is C35H36N4O8+2. The molecule has 3 aromatic rings. The molecule has 0 saturated heterocycles. The Hall–Kier alpha value is -5.49. The highest BCUT2D eigenvalue weighted by Crippen LogP contribution is 2.47. The number of non-ortho nitro benzene ring substituents is 2. The largest absolute Gasteiger partial charge is 0.481 e. The summed E-state index contributed by atoms with van der Waals surface area (Å²) >= 11 is 0. The zero-order valence-corrected chi connectivity index (χ0v) is 26.8. The molecule has 0 aromatic heterocycles. The van der Waals surface area contributed by atoms with E-state index in [0.717, 1.165) is 45.5 Å². The Morgan fingerprint density at radius 1 is 0.894 bits per heavy atom. The van der Waals surface area contributed by atoms with Crippen molar-refractivity contribution in [2.24, 2.45) is 0 Å². The van der Waals surface area contributed by atoms with Gasteiger partial charge in [-0.15, -0.1) is 0 Å². The van der Waals surface area contributed by atoms with Gasteiger partial charge in [-0.25, -0.2) is 0 Å². The smallest absolute Gasteiger partial charge is 0.307 e. The average Bonchev–Trinajstić information content (AvgIpc) is 3.30. The SMILES string of the molecule is CC1C(=C/C=C/C2=[N+](Cc3cc([N+](=O)[O-])cc([N+](=O)[O-])c3)c3ccc(CC(=O)O)cc3C2(C)C)[N+](C)(C)c2cc(CC(=O)O)ccc21. The lowest BCUT2D eigenvalue weighted by molar-refractivity contribution is -0.455. The van der Waals surface area contributed by atoms with Gasteiger partial charge in [-0.1, -0.05) is 24.3 Å². The number of likely N-dealkylation sites (N-methyl/N-ethyl adjacent to an activating group) is 1. The van der Waals surface area contributed by atoms with E-state index < -0.39 is 27.2 Å². The van der Waals surface area contributed by atoms with Crippen LogP contribution in [-0.4, -0.2) is 56.4 Å². The standard InChI is InChI=1S/C35H34N4O8/c1-21-27-11-9-23(18-34(42)43)16-31(27)39(4,5)30(21)7-6-8-32-35(2,3)28-15-22(17-33(40)41)10-12-29(28)36(32)20-24-13-25(37(44)45)19-26(14-24)38(46)47/h6-16,19,21H,17-18,20H2,1-5H3/p+2/b8-6+,30-7?. The number of nitro benzene ring substituents is 2. The highest BCUT2D eigenvalue weighted by molar-refractivity contribution is 6.03. The number of carbonyl (C=O) groups is 2. The van der Waals surface area contributed by atoms with Gasteiger partial charge in [-0.3, -0.25) is 34.3 Å². The molecule has 3 aromatic carbocycles. The molecule has 0 spiro atoms. The Bertz CT molecular complexity index is 1920. The van der Waals surface area contributed by atoms with Gasteiger partial charge in [-0.2, -0.15) is 4.58 Å². The van der Waals surface area contributed by atoms with E-state index in [-0.39, 0.29) is 36.7 Å². The molecule has 2 heterocycles. The number of allylic oxidation sites excluding steroid dienone is 4. The number of quaternary nitrogens is 1. The molecule has 47 heavy (non-hydrogen) atoms. The third-order valence-electron chi connectivity index (χ3n) is 9.17. The number of benzene rings is 3. The lowest BCUT2D eigenvalue weighted by Crippen LogP contribution is -2.36. The second-order valence-corrected chi connectivity index (χ2v) is 13.0. The van der Waals surface area contributed by atoms with Crippen LogP contribution >= 0.6 is 0 Å². The van der Waals surface area contributed by atoms with Gasteiger partial charge in [0.2, 0.25) is 5.69 Å². The van der Waals surface area contributed by atoms with Crippen molar-refractivity contribution in [3.05, 3.63) is 127 Å². The number of aliphatic carboxylic acids is 2. The predicted molar refractivity (Wildman–Crippen MR) is 176 cm³/mol. The van der Waals surface area contributed by atoms with Crippen molar-refractivity contribution in [2.75, 3.05) is 14.1 Å². The van der Waals surface area contributed by atoms with Crippen molar-refractivity contribution in [1.29, 1.82) is 0 Å². The Labute approximate surface area is 271 Å². The maximum Gasteiger partial charge on any atom is 0.307 e. The second-order valence-electron chi connectivity index (χ2n) is 13.0. The van der Waals surface area contributed by atoms with Gasteiger partial charge >= 0.3 is 11.9 Å². The molecule has 0 radical (unpaired) electrons. The van der Waals surface area contributed by atoms with E-state index >= 15 is 0 Å². The molecule has 5 rings (SSSR count). The number of nitrogens with zero attached hydrogens (tertiary/aromatic N) is 4. The lowest BCUT2D eigenvalue weighted by Gasteiger charge is -2.26. The first-order valence-electron chi connectivity index (χ1n) is 15.0. The van der Waals surface area contributed by atoms with E-state index in [4.69, 9.17) is 0 Å². The molecule has 0 amide bonds. The summed E-state index contributed by atoms with van der Waals surface area (Å²) in [7, 11) is 4.11. The van der Waals surface area contributed by atoms with Gasteiger partial charge in [0.1, 0.15) is 11.4 Å². The molecule has 2 N–H and O–H groups in total. The molecule has 0 saturated carbocycles. The number of hydrogen-bond donors (Lipinski definition) is 2. The molecule has 0 bridgehead atoms. The molecule has 12 nitrogen and oxygen atoms in total. The van der Waals surface area contributed by atoms with Crippen molar-refractivity contribution in [1.82, 2.24) is 4.48 Å². The van der Waals surface area contributed by atoms with E-state index in [1.54, 1.807) is 6.07 Å². The van der Waals surface area contributed by atoms with Gasteiger partial charge in [0, 0.05) is 47.0 Å². The fourth-order valence-corrected chi connectivity index (χ4v) is 6.89. The van der Waals surface area contributed by atoms with Gasteiger partial charge in [0.15, 0.2) is 12.3 Å². The normalized spacial score (nSPS) is 18.4. The van der Waals surface area contributed by atoms with Crippen LogP contribution in [0.4, 0.5) is 22.7 Å². The van der Waals surface area contributed by atoms with Crippen molar-refractivity contribution < 1.29 is 34.2 Å². The van der Waals surface area contributed by atoms with Crippen LogP contribution in [0.3, 0.4) is 0 Å². The second kappa shape index (κ2) is 12.0. The molecule has 0 aliphatic carbocycles.